The van der Waals surface area contributed by atoms with Crippen molar-refractivity contribution in [2.24, 2.45) is 0 Å². The van der Waals surface area contributed by atoms with Crippen molar-refractivity contribution in [3.05, 3.63) is 58.3 Å². The molecule has 0 saturated heterocycles. The number of hydrogen-bond acceptors (Lipinski definition) is 3. The minimum Gasteiger partial charge on any atom is -0.493 e. The van der Waals surface area contributed by atoms with Crippen LogP contribution in [0.2, 0.25) is 0 Å². The summed E-state index contributed by atoms with van der Waals surface area (Å²) in [5.41, 5.74) is 0.627. The summed E-state index contributed by atoms with van der Waals surface area (Å²) in [7, 11) is 1.61. The number of hydrogen-bond donors (Lipinski definition) is 1. The summed E-state index contributed by atoms with van der Waals surface area (Å²) in [4.78, 5) is 0. The smallest absolute Gasteiger partial charge is 0.161 e. The van der Waals surface area contributed by atoms with E-state index in [0.717, 1.165) is 4.47 Å². The van der Waals surface area contributed by atoms with Crippen LogP contribution in [0.4, 0.5) is 4.39 Å². The van der Waals surface area contributed by atoms with E-state index in [1.807, 2.05) is 24.3 Å². The lowest BCUT2D eigenvalue weighted by atomic mass is 10.2. The second-order valence-corrected chi connectivity index (χ2v) is 5.33. The summed E-state index contributed by atoms with van der Waals surface area (Å²) < 4.78 is 25.2. The number of nitrogens with one attached hydrogen (secondary N) is 1. The maximum atomic E-state index is 13.5. The standard InChI is InChI=1S/C16H17BrFNO2/c1-20-15-4-2-3-5-16(15)21-9-8-19-11-12-10-13(17)6-7-14(12)18/h2-7,10,19H,8-9,11H2,1H3. The molecule has 0 fully saturated rings. The molecule has 0 atom stereocenters. The lowest BCUT2D eigenvalue weighted by molar-refractivity contribution is 0.292. The summed E-state index contributed by atoms with van der Waals surface area (Å²) in [6.07, 6.45) is 0. The summed E-state index contributed by atoms with van der Waals surface area (Å²) in [6, 6.07) is 12.4. The average Bonchev–Trinajstić information content (AvgIpc) is 2.50. The van der Waals surface area contributed by atoms with E-state index in [1.54, 1.807) is 19.2 Å². The Balaban J connectivity index is 1.76. The van der Waals surface area contributed by atoms with Crippen molar-refractivity contribution in [3.63, 3.8) is 0 Å². The summed E-state index contributed by atoms with van der Waals surface area (Å²) >= 11 is 3.33. The first-order valence-corrected chi connectivity index (χ1v) is 7.40. The van der Waals surface area contributed by atoms with Gasteiger partial charge in [0, 0.05) is 23.1 Å². The first kappa shape index (κ1) is 15.8. The molecule has 2 aromatic carbocycles. The largest absolute Gasteiger partial charge is 0.493 e. The fourth-order valence-corrected chi connectivity index (χ4v) is 2.28. The number of halogens is 2. The molecule has 3 nitrogen and oxygen atoms in total. The van der Waals surface area contributed by atoms with Gasteiger partial charge in [-0.3, -0.25) is 0 Å². The molecule has 0 amide bonds. The molecule has 112 valence electrons. The Labute approximate surface area is 132 Å². The molecule has 0 bridgehead atoms. The monoisotopic (exact) mass is 353 g/mol. The predicted octanol–water partition coefficient (Wildman–Crippen LogP) is 3.77. The van der Waals surface area contributed by atoms with Crippen LogP contribution < -0.4 is 14.8 Å². The molecule has 0 aliphatic rings. The van der Waals surface area contributed by atoms with Gasteiger partial charge in [-0.1, -0.05) is 28.1 Å². The maximum absolute atomic E-state index is 13.5. The van der Waals surface area contributed by atoms with Crippen molar-refractivity contribution >= 4 is 15.9 Å². The minimum absolute atomic E-state index is 0.212. The van der Waals surface area contributed by atoms with Crippen molar-refractivity contribution in [3.8, 4) is 11.5 Å². The Morgan fingerprint density at radius 2 is 1.90 bits per heavy atom. The Morgan fingerprint density at radius 1 is 1.14 bits per heavy atom. The normalized spacial score (nSPS) is 10.4. The number of methoxy groups -OCH3 is 1. The molecular weight excluding hydrogens is 337 g/mol. The van der Waals surface area contributed by atoms with Gasteiger partial charge >= 0.3 is 0 Å². The highest BCUT2D eigenvalue weighted by Crippen LogP contribution is 2.25. The highest BCUT2D eigenvalue weighted by Gasteiger charge is 2.04. The van der Waals surface area contributed by atoms with Crippen LogP contribution in [0.25, 0.3) is 0 Å². The fraction of sp³-hybridized carbons (Fsp3) is 0.250. The predicted molar refractivity (Wildman–Crippen MR) is 84.3 cm³/mol. The number of ether oxygens (including phenoxy) is 2. The quantitative estimate of drug-likeness (QED) is 0.768. The van der Waals surface area contributed by atoms with Gasteiger partial charge in [-0.15, -0.1) is 0 Å². The highest BCUT2D eigenvalue weighted by molar-refractivity contribution is 9.10. The number of rotatable bonds is 7. The van der Waals surface area contributed by atoms with Crippen molar-refractivity contribution in [1.29, 1.82) is 0 Å². The molecule has 0 aliphatic heterocycles. The van der Waals surface area contributed by atoms with Crippen molar-refractivity contribution in [2.75, 3.05) is 20.3 Å². The van der Waals surface area contributed by atoms with E-state index < -0.39 is 0 Å². The molecule has 21 heavy (non-hydrogen) atoms. The van der Waals surface area contributed by atoms with Crippen molar-refractivity contribution in [2.45, 2.75) is 6.54 Å². The van der Waals surface area contributed by atoms with Gasteiger partial charge in [0.1, 0.15) is 12.4 Å². The van der Waals surface area contributed by atoms with Crippen LogP contribution in [0.5, 0.6) is 11.5 Å². The Morgan fingerprint density at radius 3 is 2.67 bits per heavy atom. The first-order valence-electron chi connectivity index (χ1n) is 6.61. The summed E-state index contributed by atoms with van der Waals surface area (Å²) in [5, 5.41) is 3.15. The SMILES string of the molecule is COc1ccccc1OCCNCc1cc(Br)ccc1F. The Bertz CT molecular complexity index is 592. The molecule has 1 N–H and O–H groups in total. The van der Waals surface area contributed by atoms with Crippen LogP contribution in [0.1, 0.15) is 5.56 Å². The van der Waals surface area contributed by atoms with E-state index in [-0.39, 0.29) is 5.82 Å². The second kappa shape index (κ2) is 8.00. The maximum Gasteiger partial charge on any atom is 0.161 e. The van der Waals surface area contributed by atoms with E-state index in [2.05, 4.69) is 21.2 Å². The van der Waals surface area contributed by atoms with Gasteiger partial charge in [-0.05, 0) is 30.3 Å². The van der Waals surface area contributed by atoms with Gasteiger partial charge in [0.05, 0.1) is 7.11 Å². The first-order chi connectivity index (χ1) is 10.2. The van der Waals surface area contributed by atoms with Crippen LogP contribution in [-0.4, -0.2) is 20.3 Å². The van der Waals surface area contributed by atoms with Gasteiger partial charge in [0.2, 0.25) is 0 Å². The summed E-state index contributed by atoms with van der Waals surface area (Å²) in [6.45, 7) is 1.56. The lowest BCUT2D eigenvalue weighted by Crippen LogP contribution is -2.21. The molecule has 0 radical (unpaired) electrons. The molecule has 0 aromatic heterocycles. The van der Waals surface area contributed by atoms with E-state index in [0.29, 0.717) is 36.8 Å². The van der Waals surface area contributed by atoms with Crippen LogP contribution in [0.3, 0.4) is 0 Å². The molecule has 0 spiro atoms. The zero-order valence-corrected chi connectivity index (χ0v) is 13.3. The molecule has 0 saturated carbocycles. The molecule has 0 heterocycles. The number of para-hydroxylation sites is 2. The van der Waals surface area contributed by atoms with Gasteiger partial charge in [0.15, 0.2) is 11.5 Å². The zero-order valence-electron chi connectivity index (χ0n) is 11.7. The average molecular weight is 354 g/mol. The Hall–Kier alpha value is -1.59. The lowest BCUT2D eigenvalue weighted by Gasteiger charge is -2.11. The van der Waals surface area contributed by atoms with Crippen LogP contribution >= 0.6 is 15.9 Å². The van der Waals surface area contributed by atoms with Crippen LogP contribution in [-0.2, 0) is 6.54 Å². The molecule has 0 unspecified atom stereocenters. The molecule has 5 heteroatoms. The van der Waals surface area contributed by atoms with Crippen LogP contribution in [0, 0.1) is 5.82 Å². The molecular formula is C16H17BrFNO2. The molecule has 2 aromatic rings. The molecule has 2 rings (SSSR count). The third kappa shape index (κ3) is 4.72. The van der Waals surface area contributed by atoms with Gasteiger partial charge in [-0.25, -0.2) is 4.39 Å². The van der Waals surface area contributed by atoms with E-state index in [4.69, 9.17) is 9.47 Å². The zero-order chi connectivity index (χ0) is 15.1. The minimum atomic E-state index is -0.212. The van der Waals surface area contributed by atoms with Gasteiger partial charge in [0.25, 0.3) is 0 Å². The third-order valence-electron chi connectivity index (χ3n) is 2.93. The van der Waals surface area contributed by atoms with Gasteiger partial charge in [-0.2, -0.15) is 0 Å². The topological polar surface area (TPSA) is 30.5 Å². The van der Waals surface area contributed by atoms with E-state index in [1.165, 1.54) is 6.07 Å². The van der Waals surface area contributed by atoms with Crippen LogP contribution in [0.15, 0.2) is 46.9 Å². The van der Waals surface area contributed by atoms with E-state index >= 15 is 0 Å². The summed E-state index contributed by atoms with van der Waals surface area (Å²) in [5.74, 6) is 1.20. The van der Waals surface area contributed by atoms with Crippen molar-refractivity contribution in [1.82, 2.24) is 5.32 Å². The Kier molecular flexibility index (Phi) is 6.02. The van der Waals surface area contributed by atoms with Gasteiger partial charge < -0.3 is 14.8 Å². The third-order valence-corrected chi connectivity index (χ3v) is 3.42. The van der Waals surface area contributed by atoms with E-state index in [9.17, 15) is 4.39 Å². The molecule has 0 aliphatic carbocycles. The number of benzene rings is 2. The second-order valence-electron chi connectivity index (χ2n) is 4.41. The fourth-order valence-electron chi connectivity index (χ4n) is 1.87. The van der Waals surface area contributed by atoms with Crippen molar-refractivity contribution < 1.29 is 13.9 Å². The highest BCUT2D eigenvalue weighted by atomic mass is 79.9.